The monoisotopic (exact) mass is 213 g/mol. The summed E-state index contributed by atoms with van der Waals surface area (Å²) in [6, 6.07) is 6.74. The minimum absolute atomic E-state index is 0.241. The molecule has 1 rings (SSSR count). The molecule has 14 heavy (non-hydrogen) atoms. The van der Waals surface area contributed by atoms with Gasteiger partial charge >= 0.3 is 6.03 Å². The van der Waals surface area contributed by atoms with Crippen molar-refractivity contribution in [3.8, 4) is 0 Å². The SMILES string of the molecule is CNN(C)C(=O)Nc1cccc(Cl)c1. The van der Waals surface area contributed by atoms with Crippen LogP contribution in [0.2, 0.25) is 5.02 Å². The molecule has 76 valence electrons. The van der Waals surface area contributed by atoms with E-state index in [4.69, 9.17) is 11.6 Å². The lowest BCUT2D eigenvalue weighted by Crippen LogP contribution is -2.39. The Kier molecular flexibility index (Phi) is 3.73. The van der Waals surface area contributed by atoms with Gasteiger partial charge in [0, 0.05) is 24.8 Å². The number of hydrazine groups is 1. The molecule has 0 radical (unpaired) electrons. The molecule has 1 aromatic rings. The van der Waals surface area contributed by atoms with E-state index in [0.29, 0.717) is 10.7 Å². The molecule has 2 amide bonds. The van der Waals surface area contributed by atoms with Gasteiger partial charge in [-0.05, 0) is 18.2 Å². The average Bonchev–Trinajstić information content (AvgIpc) is 2.16. The number of hydrogen-bond donors (Lipinski definition) is 2. The number of hydrogen-bond acceptors (Lipinski definition) is 2. The molecule has 2 N–H and O–H groups in total. The molecular formula is C9H12ClN3O. The Morgan fingerprint density at radius 3 is 2.79 bits per heavy atom. The molecule has 0 bridgehead atoms. The second kappa shape index (κ2) is 4.83. The summed E-state index contributed by atoms with van der Waals surface area (Å²) in [5, 5.41) is 4.60. The highest BCUT2D eigenvalue weighted by Gasteiger charge is 2.05. The molecule has 0 heterocycles. The van der Waals surface area contributed by atoms with Crippen LogP contribution < -0.4 is 10.7 Å². The number of urea groups is 1. The first-order valence-electron chi connectivity index (χ1n) is 4.11. The molecular weight excluding hydrogens is 202 g/mol. The minimum Gasteiger partial charge on any atom is -0.307 e. The Labute approximate surface area is 87.8 Å². The molecule has 0 unspecified atom stereocenters. The van der Waals surface area contributed by atoms with Crippen LogP contribution in [0.1, 0.15) is 0 Å². The largest absolute Gasteiger partial charge is 0.335 e. The minimum atomic E-state index is -0.241. The summed E-state index contributed by atoms with van der Waals surface area (Å²) in [7, 11) is 3.29. The van der Waals surface area contributed by atoms with E-state index in [1.807, 2.05) is 0 Å². The van der Waals surface area contributed by atoms with Crippen LogP contribution in [0, 0.1) is 0 Å². The topological polar surface area (TPSA) is 44.4 Å². The van der Waals surface area contributed by atoms with E-state index in [2.05, 4.69) is 10.7 Å². The van der Waals surface area contributed by atoms with Crippen molar-refractivity contribution in [2.75, 3.05) is 19.4 Å². The van der Waals surface area contributed by atoms with Crippen molar-refractivity contribution in [2.24, 2.45) is 0 Å². The van der Waals surface area contributed by atoms with Crippen LogP contribution in [0.5, 0.6) is 0 Å². The molecule has 4 nitrogen and oxygen atoms in total. The Balaban J connectivity index is 2.65. The maximum Gasteiger partial charge on any atom is 0.335 e. The average molecular weight is 214 g/mol. The van der Waals surface area contributed by atoms with Crippen LogP contribution in [0.25, 0.3) is 0 Å². The summed E-state index contributed by atoms with van der Waals surface area (Å²) in [5.74, 6) is 0. The third-order valence-electron chi connectivity index (χ3n) is 1.72. The molecule has 0 saturated heterocycles. The van der Waals surface area contributed by atoms with Gasteiger partial charge < -0.3 is 5.32 Å². The predicted octanol–water partition coefficient (Wildman–Crippen LogP) is 1.94. The highest BCUT2D eigenvalue weighted by molar-refractivity contribution is 6.30. The van der Waals surface area contributed by atoms with Crippen LogP contribution in [0.4, 0.5) is 10.5 Å². The van der Waals surface area contributed by atoms with Crippen LogP contribution in [-0.4, -0.2) is 25.1 Å². The number of nitrogens with one attached hydrogen (secondary N) is 2. The lowest BCUT2D eigenvalue weighted by atomic mass is 10.3. The van der Waals surface area contributed by atoms with Gasteiger partial charge in [-0.2, -0.15) is 0 Å². The molecule has 0 aliphatic heterocycles. The van der Waals surface area contributed by atoms with E-state index >= 15 is 0 Å². The fourth-order valence-electron chi connectivity index (χ4n) is 0.875. The lowest BCUT2D eigenvalue weighted by Gasteiger charge is -2.15. The molecule has 0 aromatic heterocycles. The fraction of sp³-hybridized carbons (Fsp3) is 0.222. The van der Waals surface area contributed by atoms with Crippen molar-refractivity contribution >= 4 is 23.3 Å². The van der Waals surface area contributed by atoms with Gasteiger partial charge in [0.15, 0.2) is 0 Å². The molecule has 0 aliphatic carbocycles. The van der Waals surface area contributed by atoms with Crippen molar-refractivity contribution in [3.05, 3.63) is 29.3 Å². The van der Waals surface area contributed by atoms with Gasteiger partial charge in [0.2, 0.25) is 0 Å². The van der Waals surface area contributed by atoms with E-state index in [1.165, 1.54) is 5.01 Å². The van der Waals surface area contributed by atoms with Crippen LogP contribution >= 0.6 is 11.6 Å². The number of amides is 2. The maximum absolute atomic E-state index is 11.4. The van der Waals surface area contributed by atoms with E-state index in [1.54, 1.807) is 38.4 Å². The van der Waals surface area contributed by atoms with Gasteiger partial charge in [-0.15, -0.1) is 0 Å². The van der Waals surface area contributed by atoms with Gasteiger partial charge in [-0.1, -0.05) is 17.7 Å². The zero-order valence-corrected chi connectivity index (χ0v) is 8.80. The number of nitrogens with zero attached hydrogens (tertiary/aromatic N) is 1. The van der Waals surface area contributed by atoms with Gasteiger partial charge in [-0.25, -0.2) is 10.2 Å². The second-order valence-electron chi connectivity index (χ2n) is 2.72. The highest BCUT2D eigenvalue weighted by Crippen LogP contribution is 2.14. The molecule has 0 atom stereocenters. The predicted molar refractivity (Wildman–Crippen MR) is 57.3 cm³/mol. The number of benzene rings is 1. The third-order valence-corrected chi connectivity index (χ3v) is 1.95. The Morgan fingerprint density at radius 2 is 2.21 bits per heavy atom. The van der Waals surface area contributed by atoms with E-state index in [0.717, 1.165) is 0 Å². The normalized spacial score (nSPS) is 9.64. The van der Waals surface area contributed by atoms with Crippen LogP contribution in [0.15, 0.2) is 24.3 Å². The van der Waals surface area contributed by atoms with Gasteiger partial charge in [0.1, 0.15) is 0 Å². The quantitative estimate of drug-likeness (QED) is 0.738. The van der Waals surface area contributed by atoms with E-state index in [-0.39, 0.29) is 6.03 Å². The summed E-state index contributed by atoms with van der Waals surface area (Å²) in [5.41, 5.74) is 3.36. The molecule has 1 aromatic carbocycles. The first-order valence-corrected chi connectivity index (χ1v) is 4.49. The number of carbonyl (C=O) groups is 1. The first kappa shape index (κ1) is 10.8. The third kappa shape index (κ3) is 2.90. The van der Waals surface area contributed by atoms with Crippen molar-refractivity contribution in [1.29, 1.82) is 0 Å². The number of rotatable bonds is 2. The molecule has 0 fully saturated rings. The van der Waals surface area contributed by atoms with Crippen LogP contribution in [0.3, 0.4) is 0 Å². The molecule has 0 aliphatic rings. The molecule has 5 heteroatoms. The van der Waals surface area contributed by atoms with Crippen molar-refractivity contribution < 1.29 is 4.79 Å². The zero-order valence-electron chi connectivity index (χ0n) is 8.04. The van der Waals surface area contributed by atoms with Crippen LogP contribution in [-0.2, 0) is 0 Å². The summed E-state index contributed by atoms with van der Waals surface area (Å²) in [6.07, 6.45) is 0. The molecule has 0 spiro atoms. The van der Waals surface area contributed by atoms with Gasteiger partial charge in [-0.3, -0.25) is 5.01 Å². The Morgan fingerprint density at radius 1 is 1.50 bits per heavy atom. The number of halogens is 1. The molecule has 0 saturated carbocycles. The van der Waals surface area contributed by atoms with Crippen molar-refractivity contribution in [1.82, 2.24) is 10.4 Å². The van der Waals surface area contributed by atoms with E-state index < -0.39 is 0 Å². The van der Waals surface area contributed by atoms with Gasteiger partial charge in [0.05, 0.1) is 0 Å². The summed E-state index contributed by atoms with van der Waals surface area (Å²) in [6.45, 7) is 0. The lowest BCUT2D eigenvalue weighted by molar-refractivity contribution is 0.207. The van der Waals surface area contributed by atoms with Crippen molar-refractivity contribution in [2.45, 2.75) is 0 Å². The smallest absolute Gasteiger partial charge is 0.307 e. The number of anilines is 1. The summed E-state index contributed by atoms with van der Waals surface area (Å²) >= 11 is 5.76. The zero-order chi connectivity index (χ0) is 10.6. The summed E-state index contributed by atoms with van der Waals surface area (Å²) < 4.78 is 0. The Bertz CT molecular complexity index is 330. The standard InChI is InChI=1S/C9H12ClN3O/c1-11-13(2)9(14)12-8-5-3-4-7(10)6-8/h3-6,11H,1-2H3,(H,12,14). The Hall–Kier alpha value is -1.26. The second-order valence-corrected chi connectivity index (χ2v) is 3.16. The first-order chi connectivity index (χ1) is 6.63. The maximum atomic E-state index is 11.4. The van der Waals surface area contributed by atoms with Crippen molar-refractivity contribution in [3.63, 3.8) is 0 Å². The highest BCUT2D eigenvalue weighted by atomic mass is 35.5. The summed E-state index contributed by atoms with van der Waals surface area (Å²) in [4.78, 5) is 11.4. The van der Waals surface area contributed by atoms with Gasteiger partial charge in [0.25, 0.3) is 0 Å². The van der Waals surface area contributed by atoms with E-state index in [9.17, 15) is 4.79 Å². The fourth-order valence-corrected chi connectivity index (χ4v) is 1.07. The number of carbonyl (C=O) groups excluding carboxylic acids is 1.